The van der Waals surface area contributed by atoms with E-state index in [1.165, 1.54) is 10.2 Å². The minimum Gasteiger partial charge on any atom is -0.375 e. The molecule has 2 atom stereocenters. The maximum absolute atomic E-state index is 13.9. The number of aliphatic hydroxyl groups is 1. The summed E-state index contributed by atoms with van der Waals surface area (Å²) < 4.78 is 43.5. The molecule has 0 unspecified atom stereocenters. The normalized spacial score (nSPS) is 16.3. The van der Waals surface area contributed by atoms with Gasteiger partial charge < -0.3 is 25.4 Å². The Hall–Kier alpha value is -4.22. The molecule has 0 saturated carbocycles. The number of amides is 3. The molecule has 1 heterocycles. The van der Waals surface area contributed by atoms with E-state index < -0.39 is 42.1 Å². The molecule has 0 radical (unpaired) electrons. The third-order valence-corrected chi connectivity index (χ3v) is 6.45. The number of benzene rings is 3. The molecule has 3 aromatic carbocycles. The summed E-state index contributed by atoms with van der Waals surface area (Å²) in [5.74, 6) is -3.45. The summed E-state index contributed by atoms with van der Waals surface area (Å²) >= 11 is 0. The number of halogens is 3. The second-order valence-corrected chi connectivity index (χ2v) is 9.41. The fourth-order valence-corrected chi connectivity index (χ4v) is 4.36. The van der Waals surface area contributed by atoms with Gasteiger partial charge in [-0.25, -0.2) is 0 Å². The first kappa shape index (κ1) is 28.8. The molecule has 8 nitrogen and oxygen atoms in total. The van der Waals surface area contributed by atoms with Crippen LogP contribution in [0.25, 0.3) is 11.1 Å². The summed E-state index contributed by atoms with van der Waals surface area (Å²) in [6, 6.07) is 22.1. The van der Waals surface area contributed by atoms with E-state index in [2.05, 4.69) is 5.32 Å². The summed E-state index contributed by atoms with van der Waals surface area (Å²) in [4.78, 5) is 40.8. The van der Waals surface area contributed by atoms with Gasteiger partial charge in [0.25, 0.3) is 17.7 Å². The minimum absolute atomic E-state index is 0.117. The quantitative estimate of drug-likeness (QED) is 0.277. The van der Waals surface area contributed by atoms with E-state index >= 15 is 0 Å². The Morgan fingerprint density at radius 1 is 0.925 bits per heavy atom. The SMILES string of the molecule is C[C@@](O)(C(=O)NCC(F)(F)F)C(=O)N[C@@H]1C(=O)N(CCOCc2ccccc2)c2ccccc2-c2ccccc21. The molecule has 0 fully saturated rings. The largest absolute Gasteiger partial charge is 0.405 e. The number of hydrogen-bond donors (Lipinski definition) is 3. The molecule has 0 spiro atoms. The first-order chi connectivity index (χ1) is 19.0. The molecular weight excluding hydrogens is 527 g/mol. The lowest BCUT2D eigenvalue weighted by atomic mass is 9.94. The van der Waals surface area contributed by atoms with E-state index in [9.17, 15) is 32.7 Å². The Kier molecular flexibility index (Phi) is 8.55. The molecule has 1 aliphatic heterocycles. The van der Waals surface area contributed by atoms with Crippen molar-refractivity contribution in [3.05, 3.63) is 90.0 Å². The average Bonchev–Trinajstić information content (AvgIpc) is 3.03. The molecule has 0 aliphatic carbocycles. The number of nitrogens with one attached hydrogen (secondary N) is 2. The van der Waals surface area contributed by atoms with Gasteiger partial charge in [-0.15, -0.1) is 0 Å². The van der Waals surface area contributed by atoms with Gasteiger partial charge in [0.15, 0.2) is 0 Å². The number of fused-ring (bicyclic) bond motifs is 3. The van der Waals surface area contributed by atoms with Crippen molar-refractivity contribution in [1.29, 1.82) is 0 Å². The highest BCUT2D eigenvalue weighted by Crippen LogP contribution is 2.40. The number of alkyl halides is 3. The number of para-hydroxylation sites is 1. The van der Waals surface area contributed by atoms with Crippen LogP contribution >= 0.6 is 0 Å². The molecule has 0 bridgehead atoms. The van der Waals surface area contributed by atoms with Crippen molar-refractivity contribution in [3.63, 3.8) is 0 Å². The molecule has 1 aliphatic rings. The number of carbonyl (C=O) groups is 3. The summed E-state index contributed by atoms with van der Waals surface area (Å²) in [5.41, 5.74) is 0.367. The van der Waals surface area contributed by atoms with Gasteiger partial charge in [-0.2, -0.15) is 13.2 Å². The molecule has 40 heavy (non-hydrogen) atoms. The van der Waals surface area contributed by atoms with Crippen LogP contribution in [-0.2, 0) is 25.7 Å². The Morgan fingerprint density at radius 3 is 2.25 bits per heavy atom. The van der Waals surface area contributed by atoms with Crippen LogP contribution in [0.2, 0.25) is 0 Å². The van der Waals surface area contributed by atoms with Gasteiger partial charge in [-0.1, -0.05) is 72.8 Å². The van der Waals surface area contributed by atoms with Crippen molar-refractivity contribution in [1.82, 2.24) is 10.6 Å². The number of hydrogen-bond acceptors (Lipinski definition) is 5. The molecule has 3 aromatic rings. The van der Waals surface area contributed by atoms with Crippen molar-refractivity contribution in [2.24, 2.45) is 0 Å². The highest BCUT2D eigenvalue weighted by Gasteiger charge is 2.44. The van der Waals surface area contributed by atoms with Gasteiger partial charge in [0, 0.05) is 12.1 Å². The zero-order chi connectivity index (χ0) is 28.9. The number of rotatable bonds is 9. The van der Waals surface area contributed by atoms with Crippen LogP contribution in [0.15, 0.2) is 78.9 Å². The van der Waals surface area contributed by atoms with Crippen LogP contribution in [0.4, 0.5) is 18.9 Å². The Morgan fingerprint density at radius 2 is 1.55 bits per heavy atom. The minimum atomic E-state index is -4.74. The Bertz CT molecular complexity index is 1380. The molecule has 11 heteroatoms. The number of carbonyl (C=O) groups excluding carboxylic acids is 3. The maximum Gasteiger partial charge on any atom is 0.405 e. The molecule has 210 valence electrons. The van der Waals surface area contributed by atoms with Crippen LogP contribution in [0, 0.1) is 0 Å². The van der Waals surface area contributed by atoms with Gasteiger partial charge in [0.05, 0.1) is 18.9 Å². The predicted molar refractivity (Wildman–Crippen MR) is 141 cm³/mol. The summed E-state index contributed by atoms with van der Waals surface area (Å²) in [6.07, 6.45) is -4.74. The van der Waals surface area contributed by atoms with Gasteiger partial charge in [-0.05, 0) is 29.7 Å². The molecular formula is C29H28F3N3O5. The second-order valence-electron chi connectivity index (χ2n) is 9.41. The van der Waals surface area contributed by atoms with E-state index in [4.69, 9.17) is 4.74 Å². The van der Waals surface area contributed by atoms with Gasteiger partial charge in [0.1, 0.15) is 12.6 Å². The van der Waals surface area contributed by atoms with Crippen molar-refractivity contribution in [3.8, 4) is 11.1 Å². The zero-order valence-corrected chi connectivity index (χ0v) is 21.6. The molecule has 3 N–H and O–H groups in total. The third kappa shape index (κ3) is 6.49. The number of nitrogens with zero attached hydrogens (tertiary/aromatic N) is 1. The van der Waals surface area contributed by atoms with E-state index in [-0.39, 0.29) is 13.2 Å². The third-order valence-electron chi connectivity index (χ3n) is 6.45. The van der Waals surface area contributed by atoms with Gasteiger partial charge in [0.2, 0.25) is 5.60 Å². The highest BCUT2D eigenvalue weighted by molar-refractivity contribution is 6.11. The standard InChI is InChI=1S/C29H28F3N3O5/c1-28(39,26(37)33-18-29(30,31)32)27(38)34-24-22-13-6-5-11-20(22)21-12-7-8-14-23(21)35(25(24)36)15-16-40-17-19-9-3-2-4-10-19/h2-14,24,39H,15-18H2,1H3,(H,33,37)(H,34,38)/t24-,28+/m0/s1. The lowest BCUT2D eigenvalue weighted by Crippen LogP contribution is -2.58. The fraction of sp³-hybridized carbons (Fsp3) is 0.276. The van der Waals surface area contributed by atoms with E-state index in [0.717, 1.165) is 12.5 Å². The van der Waals surface area contributed by atoms with Crippen LogP contribution < -0.4 is 15.5 Å². The van der Waals surface area contributed by atoms with Gasteiger partial charge >= 0.3 is 6.18 Å². The molecule has 0 saturated heterocycles. The average molecular weight is 556 g/mol. The molecule has 0 aromatic heterocycles. The van der Waals surface area contributed by atoms with Crippen molar-refractivity contribution in [2.45, 2.75) is 31.3 Å². The van der Waals surface area contributed by atoms with E-state index in [1.807, 2.05) is 36.4 Å². The summed E-state index contributed by atoms with van der Waals surface area (Å²) in [7, 11) is 0. The number of anilines is 1. The first-order valence-corrected chi connectivity index (χ1v) is 12.5. The zero-order valence-electron chi connectivity index (χ0n) is 21.6. The lowest BCUT2D eigenvalue weighted by molar-refractivity contribution is -0.158. The summed E-state index contributed by atoms with van der Waals surface area (Å²) in [5, 5.41) is 14.5. The predicted octanol–water partition coefficient (Wildman–Crippen LogP) is 3.50. The smallest absolute Gasteiger partial charge is 0.375 e. The monoisotopic (exact) mass is 555 g/mol. The highest BCUT2D eigenvalue weighted by atomic mass is 19.4. The van der Waals surface area contributed by atoms with Crippen molar-refractivity contribution < 1.29 is 37.4 Å². The fourth-order valence-electron chi connectivity index (χ4n) is 4.36. The van der Waals surface area contributed by atoms with Crippen LogP contribution in [0.3, 0.4) is 0 Å². The van der Waals surface area contributed by atoms with Crippen molar-refractivity contribution in [2.75, 3.05) is 24.6 Å². The molecule has 3 amide bonds. The first-order valence-electron chi connectivity index (χ1n) is 12.5. The van der Waals surface area contributed by atoms with E-state index in [1.54, 1.807) is 42.5 Å². The Balaban J connectivity index is 1.60. The van der Waals surface area contributed by atoms with Gasteiger partial charge in [-0.3, -0.25) is 14.4 Å². The van der Waals surface area contributed by atoms with Crippen LogP contribution in [0.5, 0.6) is 0 Å². The summed E-state index contributed by atoms with van der Waals surface area (Å²) in [6.45, 7) is -0.368. The second kappa shape index (κ2) is 11.9. The topological polar surface area (TPSA) is 108 Å². The molecule has 4 rings (SSSR count). The van der Waals surface area contributed by atoms with E-state index in [0.29, 0.717) is 29.0 Å². The number of ether oxygens (including phenoxy) is 1. The Labute approximate surface area is 228 Å². The lowest BCUT2D eigenvalue weighted by Gasteiger charge is -2.29. The van der Waals surface area contributed by atoms with Crippen LogP contribution in [0.1, 0.15) is 24.1 Å². The maximum atomic E-state index is 13.9. The van der Waals surface area contributed by atoms with Crippen molar-refractivity contribution >= 4 is 23.4 Å². The van der Waals surface area contributed by atoms with Crippen LogP contribution in [-0.4, -0.2) is 54.3 Å².